The Morgan fingerprint density at radius 3 is 2.32 bits per heavy atom. The van der Waals surface area contributed by atoms with Gasteiger partial charge in [-0.05, 0) is 43.7 Å². The summed E-state index contributed by atoms with van der Waals surface area (Å²) in [5, 5.41) is 3.99. The van der Waals surface area contributed by atoms with Gasteiger partial charge in [0.25, 0.3) is 5.91 Å². The van der Waals surface area contributed by atoms with E-state index in [1.54, 1.807) is 24.4 Å². The van der Waals surface area contributed by atoms with Crippen LogP contribution >= 0.6 is 0 Å². The van der Waals surface area contributed by atoms with Crippen molar-refractivity contribution in [2.75, 3.05) is 14.2 Å². The zero-order valence-electron chi connectivity index (χ0n) is 14.8. The van der Waals surface area contributed by atoms with E-state index < -0.39 is 0 Å². The number of hydrogen-bond acceptors (Lipinski definition) is 5. The maximum absolute atomic E-state index is 12.2. The fourth-order valence-electron chi connectivity index (χ4n) is 2.11. The normalized spacial score (nSPS) is 10.8. The highest BCUT2D eigenvalue weighted by Crippen LogP contribution is 2.22. The molecule has 6 nitrogen and oxygen atoms in total. The van der Waals surface area contributed by atoms with Gasteiger partial charge in [0.2, 0.25) is 0 Å². The number of rotatable bonds is 7. The van der Waals surface area contributed by atoms with Crippen molar-refractivity contribution in [3.63, 3.8) is 0 Å². The first-order valence-electron chi connectivity index (χ1n) is 7.85. The molecule has 0 aliphatic carbocycles. The summed E-state index contributed by atoms with van der Waals surface area (Å²) in [6.07, 6.45) is 1.65. The molecule has 0 spiro atoms. The van der Waals surface area contributed by atoms with Crippen molar-refractivity contribution in [3.05, 3.63) is 53.6 Å². The van der Waals surface area contributed by atoms with Gasteiger partial charge in [-0.25, -0.2) is 5.43 Å². The van der Waals surface area contributed by atoms with Crippen LogP contribution in [0.1, 0.15) is 29.8 Å². The van der Waals surface area contributed by atoms with Crippen molar-refractivity contribution < 1.29 is 19.0 Å². The minimum absolute atomic E-state index is 0.0925. The molecule has 0 atom stereocenters. The lowest BCUT2D eigenvalue weighted by Gasteiger charge is -2.09. The molecule has 0 saturated heterocycles. The van der Waals surface area contributed by atoms with Gasteiger partial charge in [0.1, 0.15) is 17.2 Å². The summed E-state index contributed by atoms with van der Waals surface area (Å²) in [6, 6.07) is 12.4. The molecule has 0 saturated carbocycles. The minimum atomic E-state index is -0.358. The van der Waals surface area contributed by atoms with Crippen LogP contribution in [0.4, 0.5) is 0 Å². The monoisotopic (exact) mass is 342 g/mol. The predicted octanol–water partition coefficient (Wildman–Crippen LogP) is 3.25. The molecule has 0 aromatic heterocycles. The first kappa shape index (κ1) is 18.3. The molecule has 1 amide bonds. The Morgan fingerprint density at radius 2 is 1.72 bits per heavy atom. The number of ether oxygens (including phenoxy) is 3. The van der Waals surface area contributed by atoms with Gasteiger partial charge in [0.05, 0.1) is 26.5 Å². The van der Waals surface area contributed by atoms with Gasteiger partial charge in [0.15, 0.2) is 0 Å². The van der Waals surface area contributed by atoms with Crippen molar-refractivity contribution >= 4 is 12.1 Å². The van der Waals surface area contributed by atoms with Crippen LogP contribution in [0.25, 0.3) is 0 Å². The number of carbonyl (C=O) groups excluding carboxylic acids is 1. The number of nitrogens with one attached hydrogen (secondary N) is 1. The summed E-state index contributed by atoms with van der Waals surface area (Å²) in [6.45, 7) is 3.92. The fraction of sp³-hybridized carbons (Fsp3) is 0.263. The maximum Gasteiger partial charge on any atom is 0.271 e. The molecule has 0 bridgehead atoms. The predicted molar refractivity (Wildman–Crippen MR) is 96.8 cm³/mol. The van der Waals surface area contributed by atoms with Crippen LogP contribution in [0.3, 0.4) is 0 Å². The van der Waals surface area contributed by atoms with Crippen LogP contribution in [0.15, 0.2) is 47.6 Å². The average Bonchev–Trinajstić information content (AvgIpc) is 2.60. The van der Waals surface area contributed by atoms with Crippen LogP contribution in [-0.2, 0) is 0 Å². The molecular formula is C19H22N2O4. The van der Waals surface area contributed by atoms with E-state index >= 15 is 0 Å². The quantitative estimate of drug-likeness (QED) is 0.619. The number of carbonyl (C=O) groups is 1. The summed E-state index contributed by atoms with van der Waals surface area (Å²) < 4.78 is 15.9. The third-order valence-corrected chi connectivity index (χ3v) is 3.22. The number of methoxy groups -OCH3 is 2. The number of hydrazone groups is 1. The van der Waals surface area contributed by atoms with E-state index in [-0.39, 0.29) is 12.0 Å². The molecule has 25 heavy (non-hydrogen) atoms. The van der Waals surface area contributed by atoms with Crippen molar-refractivity contribution in [1.82, 2.24) is 5.43 Å². The molecule has 0 fully saturated rings. The molecule has 0 radical (unpaired) electrons. The van der Waals surface area contributed by atoms with Gasteiger partial charge in [-0.2, -0.15) is 5.10 Å². The molecule has 0 unspecified atom stereocenters. The Hall–Kier alpha value is -3.02. The van der Waals surface area contributed by atoms with Gasteiger partial charge in [-0.3, -0.25) is 4.79 Å². The van der Waals surface area contributed by atoms with E-state index in [0.717, 1.165) is 11.3 Å². The standard InChI is InChI=1S/C19H22N2O4/c1-13(2)25-16-7-5-6-14(8-16)12-20-21-19(22)15-9-17(23-3)11-18(10-15)24-4/h5-13H,1-4H3,(H,21,22). The molecule has 2 aromatic carbocycles. The summed E-state index contributed by atoms with van der Waals surface area (Å²) in [5.74, 6) is 1.46. The van der Waals surface area contributed by atoms with Crippen molar-refractivity contribution in [1.29, 1.82) is 0 Å². The highest BCUT2D eigenvalue weighted by Gasteiger charge is 2.09. The molecule has 1 N–H and O–H groups in total. The Morgan fingerprint density at radius 1 is 1.04 bits per heavy atom. The van der Waals surface area contributed by atoms with Gasteiger partial charge < -0.3 is 14.2 Å². The lowest BCUT2D eigenvalue weighted by molar-refractivity contribution is 0.0954. The second-order valence-electron chi connectivity index (χ2n) is 5.54. The molecule has 0 heterocycles. The maximum atomic E-state index is 12.2. The molecule has 2 aromatic rings. The smallest absolute Gasteiger partial charge is 0.271 e. The third-order valence-electron chi connectivity index (χ3n) is 3.22. The van der Waals surface area contributed by atoms with E-state index in [9.17, 15) is 4.79 Å². The highest BCUT2D eigenvalue weighted by molar-refractivity contribution is 5.95. The van der Waals surface area contributed by atoms with Crippen LogP contribution in [0, 0.1) is 0 Å². The summed E-state index contributed by atoms with van der Waals surface area (Å²) in [5.41, 5.74) is 3.70. The third kappa shape index (κ3) is 5.53. The SMILES string of the molecule is COc1cc(OC)cc(C(=O)NN=Cc2cccc(OC(C)C)c2)c1. The molecular weight excluding hydrogens is 320 g/mol. The number of amides is 1. The lowest BCUT2D eigenvalue weighted by atomic mass is 10.2. The Balaban J connectivity index is 2.05. The van der Waals surface area contributed by atoms with Crippen molar-refractivity contribution in [3.8, 4) is 17.2 Å². The van der Waals surface area contributed by atoms with Gasteiger partial charge >= 0.3 is 0 Å². The number of nitrogens with zero attached hydrogens (tertiary/aromatic N) is 1. The zero-order chi connectivity index (χ0) is 18.2. The largest absolute Gasteiger partial charge is 0.497 e. The van der Waals surface area contributed by atoms with Crippen LogP contribution in [-0.4, -0.2) is 32.4 Å². The molecule has 2 rings (SSSR count). The zero-order valence-corrected chi connectivity index (χ0v) is 14.8. The number of benzene rings is 2. The first-order valence-corrected chi connectivity index (χ1v) is 7.85. The van der Waals surface area contributed by atoms with Crippen LogP contribution in [0.2, 0.25) is 0 Å². The molecule has 6 heteroatoms. The second kappa shape index (κ2) is 8.73. The molecule has 0 aliphatic heterocycles. The Labute approximate surface area is 147 Å². The number of hydrogen-bond donors (Lipinski definition) is 1. The van der Waals surface area contributed by atoms with Gasteiger partial charge in [-0.15, -0.1) is 0 Å². The average molecular weight is 342 g/mol. The molecule has 132 valence electrons. The van der Waals surface area contributed by atoms with E-state index in [2.05, 4.69) is 10.5 Å². The Kier molecular flexibility index (Phi) is 6.39. The van der Waals surface area contributed by atoms with Crippen molar-refractivity contribution in [2.45, 2.75) is 20.0 Å². The van der Waals surface area contributed by atoms with E-state index in [1.165, 1.54) is 14.2 Å². The Bertz CT molecular complexity index is 735. The van der Waals surface area contributed by atoms with E-state index in [1.807, 2.05) is 38.1 Å². The summed E-state index contributed by atoms with van der Waals surface area (Å²) in [7, 11) is 3.06. The van der Waals surface area contributed by atoms with E-state index in [0.29, 0.717) is 17.1 Å². The fourth-order valence-corrected chi connectivity index (χ4v) is 2.11. The van der Waals surface area contributed by atoms with Crippen molar-refractivity contribution in [2.24, 2.45) is 5.10 Å². The first-order chi connectivity index (χ1) is 12.0. The highest BCUT2D eigenvalue weighted by atomic mass is 16.5. The molecule has 0 aliphatic rings. The van der Waals surface area contributed by atoms with E-state index in [4.69, 9.17) is 14.2 Å². The van der Waals surface area contributed by atoms with Gasteiger partial charge in [-0.1, -0.05) is 12.1 Å². The van der Waals surface area contributed by atoms with Gasteiger partial charge in [0, 0.05) is 11.6 Å². The topological polar surface area (TPSA) is 69.2 Å². The second-order valence-corrected chi connectivity index (χ2v) is 5.54. The van der Waals surface area contributed by atoms with Crippen LogP contribution < -0.4 is 19.6 Å². The minimum Gasteiger partial charge on any atom is -0.497 e. The lowest BCUT2D eigenvalue weighted by Crippen LogP contribution is -2.17. The summed E-state index contributed by atoms with van der Waals surface area (Å²) in [4.78, 5) is 12.2. The summed E-state index contributed by atoms with van der Waals surface area (Å²) >= 11 is 0. The van der Waals surface area contributed by atoms with Crippen LogP contribution in [0.5, 0.6) is 17.2 Å².